The molecule has 7 heteroatoms. The molecule has 3 rings (SSSR count). The van der Waals surface area contributed by atoms with Crippen LogP contribution in [-0.4, -0.2) is 67.7 Å². The predicted octanol–water partition coefficient (Wildman–Crippen LogP) is 0.684. The Morgan fingerprint density at radius 1 is 1.23 bits per heavy atom. The lowest BCUT2D eigenvalue weighted by Gasteiger charge is -2.32. The van der Waals surface area contributed by atoms with Gasteiger partial charge in [0.1, 0.15) is 0 Å². The minimum absolute atomic E-state index is 0.104. The van der Waals surface area contributed by atoms with Crippen molar-refractivity contribution in [3.63, 3.8) is 0 Å². The van der Waals surface area contributed by atoms with Crippen molar-refractivity contribution in [2.24, 2.45) is 11.8 Å². The van der Waals surface area contributed by atoms with Gasteiger partial charge in [0.2, 0.25) is 15.9 Å². The lowest BCUT2D eigenvalue weighted by atomic mass is 9.99. The van der Waals surface area contributed by atoms with Gasteiger partial charge in [-0.3, -0.25) is 4.79 Å². The van der Waals surface area contributed by atoms with Crippen LogP contribution in [0.4, 0.5) is 0 Å². The second-order valence-corrected chi connectivity index (χ2v) is 9.17. The van der Waals surface area contributed by atoms with Gasteiger partial charge in [-0.1, -0.05) is 13.8 Å². The van der Waals surface area contributed by atoms with Gasteiger partial charge in [-0.2, -0.15) is 4.31 Å². The highest BCUT2D eigenvalue weighted by molar-refractivity contribution is 7.89. The molecule has 126 valence electrons. The van der Waals surface area contributed by atoms with Gasteiger partial charge in [0.05, 0.1) is 23.9 Å². The second kappa shape index (κ2) is 6.09. The van der Waals surface area contributed by atoms with Crippen molar-refractivity contribution in [1.29, 1.82) is 0 Å². The minimum atomic E-state index is -3.25. The SMILES string of the molecule is CC(C)CS(=O)(=O)N1C[C@@H]2C[C@H](C(=O)N3CCCC3)[C@H](C1)O2. The van der Waals surface area contributed by atoms with Crippen molar-refractivity contribution in [3.8, 4) is 0 Å². The molecule has 0 N–H and O–H groups in total. The van der Waals surface area contributed by atoms with Crippen molar-refractivity contribution >= 4 is 15.9 Å². The van der Waals surface area contributed by atoms with E-state index in [-0.39, 0.29) is 35.7 Å². The van der Waals surface area contributed by atoms with Crippen LogP contribution in [0.15, 0.2) is 0 Å². The molecule has 3 heterocycles. The topological polar surface area (TPSA) is 66.9 Å². The molecule has 0 radical (unpaired) electrons. The highest BCUT2D eigenvalue weighted by Crippen LogP contribution is 2.35. The molecule has 0 aliphatic carbocycles. The van der Waals surface area contributed by atoms with Gasteiger partial charge in [0.15, 0.2) is 0 Å². The third-order valence-electron chi connectivity index (χ3n) is 4.80. The summed E-state index contributed by atoms with van der Waals surface area (Å²) in [6.07, 6.45) is 2.41. The van der Waals surface area contributed by atoms with Crippen LogP contribution in [0.2, 0.25) is 0 Å². The number of sulfonamides is 1. The Morgan fingerprint density at radius 3 is 2.55 bits per heavy atom. The average molecular weight is 330 g/mol. The number of ether oxygens (including phenoxy) is 1. The lowest BCUT2D eigenvalue weighted by Crippen LogP contribution is -2.49. The van der Waals surface area contributed by atoms with E-state index < -0.39 is 10.0 Å². The Hall–Kier alpha value is -0.660. The van der Waals surface area contributed by atoms with E-state index in [1.54, 1.807) is 4.31 Å². The Morgan fingerprint density at radius 2 is 1.91 bits per heavy atom. The molecule has 22 heavy (non-hydrogen) atoms. The Labute approximate surface area is 132 Å². The largest absolute Gasteiger partial charge is 0.371 e. The quantitative estimate of drug-likeness (QED) is 0.760. The molecular formula is C15H26N2O4S. The summed E-state index contributed by atoms with van der Waals surface area (Å²) in [7, 11) is -3.25. The molecule has 0 aromatic rings. The van der Waals surface area contributed by atoms with Crippen LogP contribution in [0.3, 0.4) is 0 Å². The number of rotatable bonds is 4. The predicted molar refractivity (Wildman–Crippen MR) is 82.8 cm³/mol. The summed E-state index contributed by atoms with van der Waals surface area (Å²) in [5.74, 6) is 0.264. The van der Waals surface area contributed by atoms with Crippen molar-refractivity contribution in [3.05, 3.63) is 0 Å². The maximum absolute atomic E-state index is 12.6. The van der Waals surface area contributed by atoms with Crippen LogP contribution in [0.25, 0.3) is 0 Å². The van der Waals surface area contributed by atoms with E-state index in [2.05, 4.69) is 0 Å². The van der Waals surface area contributed by atoms with E-state index in [4.69, 9.17) is 4.74 Å². The van der Waals surface area contributed by atoms with Crippen molar-refractivity contribution in [2.75, 3.05) is 31.9 Å². The van der Waals surface area contributed by atoms with E-state index in [9.17, 15) is 13.2 Å². The van der Waals surface area contributed by atoms with E-state index >= 15 is 0 Å². The van der Waals surface area contributed by atoms with Gasteiger partial charge >= 0.3 is 0 Å². The number of carbonyl (C=O) groups excluding carboxylic acids is 1. The zero-order valence-corrected chi connectivity index (χ0v) is 14.2. The molecule has 0 aromatic carbocycles. The van der Waals surface area contributed by atoms with Crippen LogP contribution < -0.4 is 0 Å². The second-order valence-electron chi connectivity index (χ2n) is 7.16. The number of nitrogens with zero attached hydrogens (tertiary/aromatic N) is 2. The fourth-order valence-electron chi connectivity index (χ4n) is 3.81. The molecule has 1 amide bonds. The maximum atomic E-state index is 12.6. The van der Waals surface area contributed by atoms with Crippen LogP contribution in [0.5, 0.6) is 0 Å². The summed E-state index contributed by atoms with van der Waals surface area (Å²) in [5.41, 5.74) is 0. The summed E-state index contributed by atoms with van der Waals surface area (Å²) >= 11 is 0. The van der Waals surface area contributed by atoms with Gasteiger partial charge in [0, 0.05) is 26.2 Å². The molecule has 3 atom stereocenters. The van der Waals surface area contributed by atoms with Gasteiger partial charge in [-0.05, 0) is 25.2 Å². The van der Waals surface area contributed by atoms with Crippen LogP contribution in [0.1, 0.15) is 33.1 Å². The first-order valence-electron chi connectivity index (χ1n) is 8.29. The highest BCUT2D eigenvalue weighted by Gasteiger charge is 2.48. The number of fused-ring (bicyclic) bond motifs is 2. The van der Waals surface area contributed by atoms with Crippen LogP contribution in [-0.2, 0) is 19.6 Å². The molecule has 6 nitrogen and oxygen atoms in total. The molecule has 0 unspecified atom stereocenters. The fraction of sp³-hybridized carbons (Fsp3) is 0.933. The van der Waals surface area contributed by atoms with E-state index in [1.807, 2.05) is 18.7 Å². The maximum Gasteiger partial charge on any atom is 0.228 e. The number of carbonyl (C=O) groups is 1. The van der Waals surface area contributed by atoms with Gasteiger partial charge in [0.25, 0.3) is 0 Å². The van der Waals surface area contributed by atoms with Gasteiger partial charge in [-0.15, -0.1) is 0 Å². The van der Waals surface area contributed by atoms with E-state index in [0.29, 0.717) is 19.5 Å². The zero-order valence-electron chi connectivity index (χ0n) is 13.4. The van der Waals surface area contributed by atoms with Crippen molar-refractivity contribution in [1.82, 2.24) is 9.21 Å². The van der Waals surface area contributed by atoms with Crippen LogP contribution in [0, 0.1) is 11.8 Å². The molecule has 0 saturated carbocycles. The molecule has 3 fully saturated rings. The lowest BCUT2D eigenvalue weighted by molar-refractivity contribution is -0.136. The molecular weight excluding hydrogens is 304 g/mol. The van der Waals surface area contributed by atoms with Gasteiger partial charge < -0.3 is 9.64 Å². The first-order chi connectivity index (χ1) is 10.4. The summed E-state index contributed by atoms with van der Waals surface area (Å²) < 4.78 is 32.3. The average Bonchev–Trinajstić information content (AvgIpc) is 3.04. The number of hydrogen-bond donors (Lipinski definition) is 0. The van der Waals surface area contributed by atoms with E-state index in [0.717, 1.165) is 25.9 Å². The Balaban J connectivity index is 1.68. The third kappa shape index (κ3) is 3.16. The number of amides is 1. The first-order valence-corrected chi connectivity index (χ1v) is 9.90. The summed E-state index contributed by atoms with van der Waals surface area (Å²) in [4.78, 5) is 14.5. The summed E-state index contributed by atoms with van der Waals surface area (Å²) in [6.45, 7) is 6.22. The monoisotopic (exact) mass is 330 g/mol. The number of likely N-dealkylation sites (tertiary alicyclic amines) is 1. The minimum Gasteiger partial charge on any atom is -0.371 e. The smallest absolute Gasteiger partial charge is 0.228 e. The van der Waals surface area contributed by atoms with Gasteiger partial charge in [-0.25, -0.2) is 8.42 Å². The fourth-order valence-corrected chi connectivity index (χ4v) is 5.63. The molecule has 3 aliphatic heterocycles. The highest BCUT2D eigenvalue weighted by atomic mass is 32.2. The third-order valence-corrected chi connectivity index (χ3v) is 6.97. The number of morpholine rings is 1. The van der Waals surface area contributed by atoms with Crippen LogP contribution >= 0.6 is 0 Å². The molecule has 0 spiro atoms. The van der Waals surface area contributed by atoms with E-state index in [1.165, 1.54) is 0 Å². The summed E-state index contributed by atoms with van der Waals surface area (Å²) in [5, 5.41) is 0. The Bertz CT molecular complexity index is 528. The molecule has 3 saturated heterocycles. The first kappa shape index (κ1) is 16.2. The molecule has 3 aliphatic rings. The zero-order chi connectivity index (χ0) is 15.9. The van der Waals surface area contributed by atoms with Crippen molar-refractivity contribution < 1.29 is 17.9 Å². The molecule has 2 bridgehead atoms. The number of hydrogen-bond acceptors (Lipinski definition) is 4. The normalized spacial score (nSPS) is 32.9. The Kier molecular flexibility index (Phi) is 4.49. The molecule has 0 aromatic heterocycles. The standard InChI is InChI=1S/C15H26N2O4S/c1-11(2)10-22(19,20)17-8-12-7-13(14(9-17)21-12)15(18)16-5-3-4-6-16/h11-14H,3-10H2,1-2H3/t12-,13-,14-/m0/s1. The van der Waals surface area contributed by atoms with Crippen molar-refractivity contribution in [2.45, 2.75) is 45.3 Å². The summed E-state index contributed by atoms with van der Waals surface area (Å²) in [6, 6.07) is 0.